The Morgan fingerprint density at radius 2 is 1.32 bits per heavy atom. The number of hydrogen-bond donors (Lipinski definition) is 2. The Balaban J connectivity index is 0.000000308. The van der Waals surface area contributed by atoms with Gasteiger partial charge in [0.25, 0.3) is 0 Å². The molecule has 0 bridgehead atoms. The lowest BCUT2D eigenvalue weighted by Crippen LogP contribution is -2.43. The second-order valence-electron chi connectivity index (χ2n) is 10.7. The number of alkyl carbamates (subject to hydrolysis) is 1. The van der Waals surface area contributed by atoms with E-state index >= 15 is 0 Å². The Labute approximate surface area is 228 Å². The number of carbonyl (C=O) groups excluding carboxylic acids is 3. The summed E-state index contributed by atoms with van der Waals surface area (Å²) in [5.74, 6) is 1.44. The third-order valence-electron chi connectivity index (χ3n) is 7.21. The fraction of sp³-hybridized carbons (Fsp3) is 0.679. The number of ether oxygens (including phenoxy) is 1. The van der Waals surface area contributed by atoms with Crippen LogP contribution in [0.5, 0.6) is 0 Å². The molecule has 0 unspecified atom stereocenters. The predicted octanol–water partition coefficient (Wildman–Crippen LogP) is 1.46. The largest absolute Gasteiger partial charge is 0.445 e. The van der Waals surface area contributed by atoms with Gasteiger partial charge in [0.2, 0.25) is 11.8 Å². The molecule has 2 heterocycles. The van der Waals surface area contributed by atoms with Crippen LogP contribution in [0.25, 0.3) is 0 Å². The van der Waals surface area contributed by atoms with Crippen molar-refractivity contribution in [1.82, 2.24) is 24.9 Å². The first-order valence-electron chi connectivity index (χ1n) is 13.7. The number of nitrogens with two attached hydrogens (primary N) is 1. The van der Waals surface area contributed by atoms with Crippen LogP contribution in [0.1, 0.15) is 31.2 Å². The van der Waals surface area contributed by atoms with Crippen molar-refractivity contribution >= 4 is 17.9 Å². The third kappa shape index (κ3) is 12.2. The highest BCUT2D eigenvalue weighted by Crippen LogP contribution is 2.17. The molecular weight excluding hydrogens is 484 g/mol. The lowest BCUT2D eigenvalue weighted by Gasteiger charge is -2.32. The standard InChI is InChI=1S/C18H27N3O3.C10H21N3O/c1-20(2)17(22)13-21-10-8-15(9-11-21)12-19-18(23)24-14-16-6-4-3-5-7-16;1-12(2)10(14)8-13-5-3-9(7-11)4-6-13/h3-7,15H,8-14H2,1-2H3,(H,19,23);9H,3-8,11H2,1-2H3. The number of likely N-dealkylation sites (tertiary alicyclic amines) is 2. The Bertz CT molecular complexity index is 835. The Kier molecular flexibility index (Phi) is 14.1. The highest BCUT2D eigenvalue weighted by atomic mass is 16.5. The second kappa shape index (κ2) is 17.0. The summed E-state index contributed by atoms with van der Waals surface area (Å²) in [5.41, 5.74) is 6.58. The molecule has 2 fully saturated rings. The van der Waals surface area contributed by atoms with Gasteiger partial charge in [-0.1, -0.05) is 30.3 Å². The van der Waals surface area contributed by atoms with Gasteiger partial charge in [-0.3, -0.25) is 19.4 Å². The van der Waals surface area contributed by atoms with E-state index in [2.05, 4.69) is 15.1 Å². The fourth-order valence-corrected chi connectivity index (χ4v) is 4.40. The van der Waals surface area contributed by atoms with E-state index in [1.54, 1.807) is 38.0 Å². The number of likely N-dealkylation sites (N-methyl/N-ethyl adjacent to an activating group) is 2. The zero-order chi connectivity index (χ0) is 27.9. The average Bonchev–Trinajstić information content (AvgIpc) is 2.92. The summed E-state index contributed by atoms with van der Waals surface area (Å²) in [7, 11) is 7.16. The topological polar surface area (TPSA) is 111 Å². The quantitative estimate of drug-likeness (QED) is 0.495. The zero-order valence-corrected chi connectivity index (χ0v) is 23.7. The van der Waals surface area contributed by atoms with Crippen LogP contribution in [0.3, 0.4) is 0 Å². The van der Waals surface area contributed by atoms with Gasteiger partial charge in [-0.25, -0.2) is 4.79 Å². The van der Waals surface area contributed by atoms with Gasteiger partial charge < -0.3 is 25.6 Å². The molecule has 3 N–H and O–H groups in total. The first kappa shape index (κ1) is 31.5. The molecule has 3 rings (SSSR count). The summed E-state index contributed by atoms with van der Waals surface area (Å²) in [6, 6.07) is 9.63. The molecule has 1 aromatic rings. The molecule has 38 heavy (non-hydrogen) atoms. The maximum atomic E-state index is 11.7. The van der Waals surface area contributed by atoms with E-state index in [9.17, 15) is 14.4 Å². The summed E-state index contributed by atoms with van der Waals surface area (Å²) in [4.78, 5) is 42.5. The van der Waals surface area contributed by atoms with Gasteiger partial charge in [0, 0.05) is 34.7 Å². The average molecular weight is 533 g/mol. The van der Waals surface area contributed by atoms with Crippen molar-refractivity contribution in [2.24, 2.45) is 17.6 Å². The van der Waals surface area contributed by atoms with Gasteiger partial charge in [-0.15, -0.1) is 0 Å². The number of nitrogens with zero attached hydrogens (tertiary/aromatic N) is 4. The summed E-state index contributed by atoms with van der Waals surface area (Å²) < 4.78 is 5.21. The molecule has 0 spiro atoms. The van der Waals surface area contributed by atoms with Crippen LogP contribution >= 0.6 is 0 Å². The maximum Gasteiger partial charge on any atom is 0.407 e. The summed E-state index contributed by atoms with van der Waals surface area (Å²) in [6.45, 7) is 6.56. The van der Waals surface area contributed by atoms with Crippen molar-refractivity contribution in [2.45, 2.75) is 32.3 Å². The van der Waals surface area contributed by atoms with E-state index in [0.29, 0.717) is 31.5 Å². The monoisotopic (exact) mass is 532 g/mol. The normalized spacial score (nSPS) is 17.2. The Morgan fingerprint density at radius 1 is 0.842 bits per heavy atom. The number of rotatable bonds is 9. The fourth-order valence-electron chi connectivity index (χ4n) is 4.40. The zero-order valence-electron chi connectivity index (χ0n) is 23.7. The number of hydrogen-bond acceptors (Lipinski definition) is 7. The van der Waals surface area contributed by atoms with Gasteiger partial charge in [0.05, 0.1) is 13.1 Å². The minimum absolute atomic E-state index is 0.135. The van der Waals surface area contributed by atoms with Crippen molar-refractivity contribution in [3.05, 3.63) is 35.9 Å². The molecule has 10 heteroatoms. The predicted molar refractivity (Wildman–Crippen MR) is 149 cm³/mol. The van der Waals surface area contributed by atoms with Crippen LogP contribution in [-0.2, 0) is 20.9 Å². The molecule has 10 nitrogen and oxygen atoms in total. The number of carbonyl (C=O) groups is 3. The molecule has 1 aromatic carbocycles. The molecule has 2 saturated heterocycles. The summed E-state index contributed by atoms with van der Waals surface area (Å²) in [6.07, 6.45) is 3.87. The Morgan fingerprint density at radius 3 is 1.76 bits per heavy atom. The lowest BCUT2D eigenvalue weighted by molar-refractivity contribution is -0.131. The van der Waals surface area contributed by atoms with E-state index in [-0.39, 0.29) is 24.5 Å². The van der Waals surface area contributed by atoms with Gasteiger partial charge >= 0.3 is 6.09 Å². The van der Waals surface area contributed by atoms with Crippen LogP contribution in [-0.4, -0.2) is 118 Å². The van der Waals surface area contributed by atoms with Crippen molar-refractivity contribution in [3.63, 3.8) is 0 Å². The first-order valence-corrected chi connectivity index (χ1v) is 13.7. The highest BCUT2D eigenvalue weighted by Gasteiger charge is 2.22. The van der Waals surface area contributed by atoms with Crippen molar-refractivity contribution in [2.75, 3.05) is 80.5 Å². The smallest absolute Gasteiger partial charge is 0.407 e. The van der Waals surface area contributed by atoms with Crippen LogP contribution in [0, 0.1) is 11.8 Å². The molecule has 0 saturated carbocycles. The number of benzene rings is 1. The van der Waals surface area contributed by atoms with E-state index in [1.165, 1.54) is 0 Å². The minimum atomic E-state index is -0.371. The lowest BCUT2D eigenvalue weighted by atomic mass is 9.97. The van der Waals surface area contributed by atoms with E-state index < -0.39 is 0 Å². The number of nitrogens with one attached hydrogen (secondary N) is 1. The van der Waals surface area contributed by atoms with Gasteiger partial charge in [0.15, 0.2) is 0 Å². The van der Waals surface area contributed by atoms with Crippen molar-refractivity contribution in [3.8, 4) is 0 Å². The summed E-state index contributed by atoms with van der Waals surface area (Å²) >= 11 is 0. The van der Waals surface area contributed by atoms with Gasteiger partial charge in [-0.05, 0) is 75.8 Å². The van der Waals surface area contributed by atoms with E-state index in [0.717, 1.165) is 64.0 Å². The van der Waals surface area contributed by atoms with Crippen molar-refractivity contribution in [1.29, 1.82) is 0 Å². The molecule has 0 aromatic heterocycles. The molecule has 2 aliphatic heterocycles. The van der Waals surface area contributed by atoms with Crippen molar-refractivity contribution < 1.29 is 19.1 Å². The number of amides is 3. The van der Waals surface area contributed by atoms with E-state index in [1.807, 2.05) is 30.3 Å². The van der Waals surface area contributed by atoms with Gasteiger partial charge in [-0.2, -0.15) is 0 Å². The highest BCUT2D eigenvalue weighted by molar-refractivity contribution is 5.78. The molecule has 3 amide bonds. The third-order valence-corrected chi connectivity index (χ3v) is 7.21. The van der Waals surface area contributed by atoms with Crippen LogP contribution in [0.4, 0.5) is 4.79 Å². The molecular formula is C28H48N6O4. The van der Waals surface area contributed by atoms with E-state index in [4.69, 9.17) is 10.5 Å². The molecule has 0 atom stereocenters. The number of piperidine rings is 2. The second-order valence-corrected chi connectivity index (χ2v) is 10.7. The summed E-state index contributed by atoms with van der Waals surface area (Å²) in [5, 5.41) is 2.84. The maximum absolute atomic E-state index is 11.7. The molecule has 214 valence electrons. The molecule has 0 radical (unpaired) electrons. The molecule has 2 aliphatic rings. The Hall–Kier alpha value is -2.69. The first-order chi connectivity index (χ1) is 18.2. The van der Waals surface area contributed by atoms with Crippen LogP contribution < -0.4 is 11.1 Å². The van der Waals surface area contributed by atoms with Gasteiger partial charge in [0.1, 0.15) is 6.61 Å². The SMILES string of the molecule is CN(C)C(=O)CN1CCC(CN)CC1.CN(C)C(=O)CN1CCC(CNC(=O)OCc2ccccc2)CC1. The van der Waals surface area contributed by atoms with Crippen LogP contribution in [0.2, 0.25) is 0 Å². The van der Waals surface area contributed by atoms with Crippen LogP contribution in [0.15, 0.2) is 30.3 Å². The minimum Gasteiger partial charge on any atom is -0.445 e. The molecule has 0 aliphatic carbocycles.